The van der Waals surface area contributed by atoms with Crippen molar-refractivity contribution in [3.63, 3.8) is 0 Å². The van der Waals surface area contributed by atoms with Crippen molar-refractivity contribution in [2.75, 3.05) is 5.32 Å². The fourth-order valence-electron chi connectivity index (χ4n) is 2.34. The van der Waals surface area contributed by atoms with E-state index >= 15 is 0 Å². The Morgan fingerprint density at radius 2 is 1.77 bits per heavy atom. The number of nitrogens with one attached hydrogen (secondary N) is 1. The third-order valence-electron chi connectivity index (χ3n) is 3.41. The maximum Gasteiger partial charge on any atom is 0.300 e. The van der Waals surface area contributed by atoms with E-state index in [1.54, 1.807) is 6.20 Å². The Bertz CT molecular complexity index is 901. The molecule has 1 N–H and O–H groups in total. The highest BCUT2D eigenvalue weighted by atomic mass is 16.4. The normalized spacial score (nSPS) is 10.7. The fourth-order valence-corrected chi connectivity index (χ4v) is 2.34. The molecule has 22 heavy (non-hydrogen) atoms. The van der Waals surface area contributed by atoms with Gasteiger partial charge < -0.3 is 9.73 Å². The fraction of sp³-hybridized carbons (Fsp3) is 0. The molecule has 0 amide bonds. The van der Waals surface area contributed by atoms with Crippen LogP contribution in [0.2, 0.25) is 0 Å². The molecule has 0 fully saturated rings. The van der Waals surface area contributed by atoms with Crippen molar-refractivity contribution in [2.45, 2.75) is 0 Å². The molecule has 0 saturated carbocycles. The van der Waals surface area contributed by atoms with Gasteiger partial charge in [-0.1, -0.05) is 30.3 Å². The van der Waals surface area contributed by atoms with Gasteiger partial charge in [-0.25, -0.2) is 0 Å². The summed E-state index contributed by atoms with van der Waals surface area (Å²) in [7, 11) is 0. The van der Waals surface area contributed by atoms with Gasteiger partial charge in [-0.15, -0.1) is 0 Å². The molecule has 0 saturated heterocycles. The summed E-state index contributed by atoms with van der Waals surface area (Å²) in [6.45, 7) is 0. The van der Waals surface area contributed by atoms with E-state index in [9.17, 15) is 0 Å². The zero-order chi connectivity index (χ0) is 14.8. The van der Waals surface area contributed by atoms with Gasteiger partial charge in [0, 0.05) is 23.6 Å². The molecule has 0 spiro atoms. The number of hydrogen-bond acceptors (Lipinski definition) is 4. The highest BCUT2D eigenvalue weighted by Gasteiger charge is 2.07. The number of pyridine rings is 1. The van der Waals surface area contributed by atoms with Gasteiger partial charge in [0.05, 0.1) is 0 Å². The SMILES string of the molecule is c1ccc(Nc2nc3cc(-c4cccnc4)ccc3o2)cc1. The first-order valence-corrected chi connectivity index (χ1v) is 7.01. The van der Waals surface area contributed by atoms with E-state index in [1.807, 2.05) is 66.9 Å². The zero-order valence-electron chi connectivity index (χ0n) is 11.7. The molecule has 0 aliphatic carbocycles. The lowest BCUT2D eigenvalue weighted by Gasteiger charge is -1.99. The maximum atomic E-state index is 5.72. The summed E-state index contributed by atoms with van der Waals surface area (Å²) in [5.41, 5.74) is 4.65. The van der Waals surface area contributed by atoms with Crippen LogP contribution in [0, 0.1) is 0 Å². The smallest absolute Gasteiger partial charge is 0.300 e. The molecule has 0 bridgehead atoms. The van der Waals surface area contributed by atoms with Gasteiger partial charge in [0.1, 0.15) is 5.52 Å². The Balaban J connectivity index is 1.69. The summed E-state index contributed by atoms with van der Waals surface area (Å²) in [5.74, 6) is 0. The molecule has 0 unspecified atom stereocenters. The largest absolute Gasteiger partial charge is 0.423 e. The van der Waals surface area contributed by atoms with Crippen LogP contribution >= 0.6 is 0 Å². The Morgan fingerprint density at radius 3 is 2.59 bits per heavy atom. The predicted octanol–water partition coefficient (Wildman–Crippen LogP) is 4.63. The van der Waals surface area contributed by atoms with Crippen molar-refractivity contribution >= 4 is 22.8 Å². The molecule has 4 nitrogen and oxygen atoms in total. The Labute approximate surface area is 127 Å². The lowest BCUT2D eigenvalue weighted by molar-refractivity contribution is 0.623. The standard InChI is InChI=1S/C18H13N3O/c1-2-6-15(7-3-1)20-18-21-16-11-13(8-9-17(16)22-18)14-5-4-10-19-12-14/h1-12H,(H,20,21). The summed E-state index contributed by atoms with van der Waals surface area (Å²) in [6, 6.07) is 20.2. The molecule has 0 radical (unpaired) electrons. The quantitative estimate of drug-likeness (QED) is 0.596. The second-order valence-corrected chi connectivity index (χ2v) is 4.93. The minimum atomic E-state index is 0.490. The van der Waals surface area contributed by atoms with E-state index in [2.05, 4.69) is 15.3 Å². The second kappa shape index (κ2) is 5.33. The minimum Gasteiger partial charge on any atom is -0.423 e. The van der Waals surface area contributed by atoms with Crippen LogP contribution in [-0.2, 0) is 0 Å². The summed E-state index contributed by atoms with van der Waals surface area (Å²) in [5, 5.41) is 3.16. The average molecular weight is 287 g/mol. The second-order valence-electron chi connectivity index (χ2n) is 4.93. The van der Waals surface area contributed by atoms with Crippen LogP contribution in [0.25, 0.3) is 22.2 Å². The maximum absolute atomic E-state index is 5.72. The first-order chi connectivity index (χ1) is 10.9. The minimum absolute atomic E-state index is 0.490. The topological polar surface area (TPSA) is 51.0 Å². The summed E-state index contributed by atoms with van der Waals surface area (Å²) in [6.07, 6.45) is 3.60. The van der Waals surface area contributed by atoms with Crippen LogP contribution in [0.5, 0.6) is 0 Å². The number of para-hydroxylation sites is 1. The van der Waals surface area contributed by atoms with E-state index < -0.39 is 0 Å². The van der Waals surface area contributed by atoms with E-state index in [1.165, 1.54) is 0 Å². The molecule has 0 aliphatic heterocycles. The molecule has 4 rings (SSSR count). The molecule has 2 aromatic heterocycles. The number of benzene rings is 2. The van der Waals surface area contributed by atoms with Gasteiger partial charge in [-0.05, 0) is 35.9 Å². The molecule has 4 aromatic rings. The van der Waals surface area contributed by atoms with Crippen LogP contribution in [0.4, 0.5) is 11.7 Å². The number of anilines is 2. The van der Waals surface area contributed by atoms with Crippen molar-refractivity contribution in [3.8, 4) is 11.1 Å². The van der Waals surface area contributed by atoms with Gasteiger partial charge in [0.2, 0.25) is 0 Å². The van der Waals surface area contributed by atoms with Crippen LogP contribution in [0.15, 0.2) is 77.5 Å². The molecular weight excluding hydrogens is 274 g/mol. The molecule has 2 aromatic carbocycles. The van der Waals surface area contributed by atoms with Crippen molar-refractivity contribution in [2.24, 2.45) is 0 Å². The molecule has 0 aliphatic rings. The molecule has 0 atom stereocenters. The molecule has 106 valence electrons. The highest BCUT2D eigenvalue weighted by Crippen LogP contribution is 2.26. The Hall–Kier alpha value is -3.14. The van der Waals surface area contributed by atoms with E-state index in [-0.39, 0.29) is 0 Å². The third-order valence-corrected chi connectivity index (χ3v) is 3.41. The van der Waals surface area contributed by atoms with Gasteiger partial charge in [-0.3, -0.25) is 4.98 Å². The van der Waals surface area contributed by atoms with Gasteiger partial charge >= 0.3 is 0 Å². The number of hydrogen-bond donors (Lipinski definition) is 1. The van der Waals surface area contributed by atoms with Gasteiger partial charge in [0.15, 0.2) is 5.58 Å². The van der Waals surface area contributed by atoms with E-state index in [4.69, 9.17) is 4.42 Å². The Kier molecular flexibility index (Phi) is 3.05. The van der Waals surface area contributed by atoms with Crippen molar-refractivity contribution in [1.82, 2.24) is 9.97 Å². The molecular formula is C18H13N3O. The molecule has 4 heteroatoms. The van der Waals surface area contributed by atoms with E-state index in [0.717, 1.165) is 27.9 Å². The first-order valence-electron chi connectivity index (χ1n) is 7.01. The first kappa shape index (κ1) is 12.6. The number of nitrogens with zero attached hydrogens (tertiary/aromatic N) is 2. The predicted molar refractivity (Wildman–Crippen MR) is 87.0 cm³/mol. The van der Waals surface area contributed by atoms with Crippen LogP contribution in [-0.4, -0.2) is 9.97 Å². The van der Waals surface area contributed by atoms with Crippen LogP contribution in [0.3, 0.4) is 0 Å². The Morgan fingerprint density at radius 1 is 0.864 bits per heavy atom. The van der Waals surface area contributed by atoms with Crippen molar-refractivity contribution < 1.29 is 4.42 Å². The summed E-state index contributed by atoms with van der Waals surface area (Å²) >= 11 is 0. The average Bonchev–Trinajstić information content (AvgIpc) is 2.98. The highest BCUT2D eigenvalue weighted by molar-refractivity contribution is 5.81. The zero-order valence-corrected chi connectivity index (χ0v) is 11.7. The monoisotopic (exact) mass is 287 g/mol. The van der Waals surface area contributed by atoms with E-state index in [0.29, 0.717) is 6.01 Å². The van der Waals surface area contributed by atoms with Crippen molar-refractivity contribution in [1.29, 1.82) is 0 Å². The van der Waals surface area contributed by atoms with Crippen molar-refractivity contribution in [3.05, 3.63) is 73.1 Å². The lowest BCUT2D eigenvalue weighted by atomic mass is 10.1. The number of fused-ring (bicyclic) bond motifs is 1. The van der Waals surface area contributed by atoms with Gasteiger partial charge in [-0.2, -0.15) is 4.98 Å². The van der Waals surface area contributed by atoms with Gasteiger partial charge in [0.25, 0.3) is 6.01 Å². The number of aromatic nitrogens is 2. The van der Waals surface area contributed by atoms with Crippen LogP contribution < -0.4 is 5.32 Å². The lowest BCUT2D eigenvalue weighted by Crippen LogP contribution is -1.88. The summed E-state index contributed by atoms with van der Waals surface area (Å²) in [4.78, 5) is 8.64. The van der Waals surface area contributed by atoms with Crippen LogP contribution in [0.1, 0.15) is 0 Å². The summed E-state index contributed by atoms with van der Waals surface area (Å²) < 4.78 is 5.72. The number of oxazole rings is 1. The molecule has 2 heterocycles. The number of rotatable bonds is 3. The third kappa shape index (κ3) is 2.42.